The highest BCUT2D eigenvalue weighted by atomic mass is 16.6. The average molecular weight is 223 g/mol. The lowest BCUT2D eigenvalue weighted by atomic mass is 10.2. The van der Waals surface area contributed by atoms with Crippen LogP contribution in [0, 0.1) is 23.0 Å². The number of carbonyl (C=O) groups is 1. The second-order valence-electron chi connectivity index (χ2n) is 3.76. The van der Waals surface area contributed by atoms with E-state index in [-0.39, 0.29) is 17.5 Å². The summed E-state index contributed by atoms with van der Waals surface area (Å²) in [5.41, 5.74) is 0.418. The first kappa shape index (κ1) is 12.1. The van der Waals surface area contributed by atoms with E-state index in [1.165, 1.54) is 6.07 Å². The second-order valence-corrected chi connectivity index (χ2v) is 3.76. The Morgan fingerprint density at radius 3 is 2.62 bits per heavy atom. The third-order valence-electron chi connectivity index (χ3n) is 2.06. The molecule has 0 saturated heterocycles. The van der Waals surface area contributed by atoms with Gasteiger partial charge in [-0.2, -0.15) is 0 Å². The fourth-order valence-corrected chi connectivity index (χ4v) is 1.08. The number of aryl methyl sites for hydroxylation is 1. The molecule has 0 saturated carbocycles. The number of nitrogens with one attached hydrogen (secondary N) is 1. The zero-order valence-corrected chi connectivity index (χ0v) is 9.35. The number of pyridine rings is 1. The van der Waals surface area contributed by atoms with Crippen molar-refractivity contribution in [1.29, 1.82) is 0 Å². The van der Waals surface area contributed by atoms with Crippen molar-refractivity contribution in [2.24, 2.45) is 5.92 Å². The summed E-state index contributed by atoms with van der Waals surface area (Å²) in [7, 11) is 0. The molecule has 1 N–H and O–H groups in total. The Morgan fingerprint density at radius 2 is 2.19 bits per heavy atom. The minimum Gasteiger partial charge on any atom is -0.310 e. The Bertz CT molecular complexity index is 429. The third kappa shape index (κ3) is 2.75. The monoisotopic (exact) mass is 223 g/mol. The maximum atomic E-state index is 11.4. The lowest BCUT2D eigenvalue weighted by Crippen LogP contribution is -2.18. The molecule has 1 amide bonds. The number of aromatic nitrogens is 1. The van der Waals surface area contributed by atoms with Crippen molar-refractivity contribution >= 4 is 17.4 Å². The Hall–Kier alpha value is -1.98. The van der Waals surface area contributed by atoms with E-state index in [4.69, 9.17) is 0 Å². The molecule has 1 aromatic rings. The summed E-state index contributed by atoms with van der Waals surface area (Å²) in [5, 5.41) is 13.1. The van der Waals surface area contributed by atoms with E-state index in [0.717, 1.165) is 6.20 Å². The highest BCUT2D eigenvalue weighted by Crippen LogP contribution is 2.18. The molecule has 6 heteroatoms. The molecular weight excluding hydrogens is 210 g/mol. The number of hydrogen-bond acceptors (Lipinski definition) is 4. The standard InChI is InChI=1S/C10H13N3O3/c1-6(2)10(14)12-9-4-7(3)8(5-11-9)13(15)16/h4-6H,1-3H3,(H,11,12,14). The van der Waals surface area contributed by atoms with Crippen LogP contribution in [0.2, 0.25) is 0 Å². The summed E-state index contributed by atoms with van der Waals surface area (Å²) in [6.45, 7) is 5.12. The summed E-state index contributed by atoms with van der Waals surface area (Å²) >= 11 is 0. The molecule has 1 heterocycles. The highest BCUT2D eigenvalue weighted by molar-refractivity contribution is 5.91. The fourth-order valence-electron chi connectivity index (χ4n) is 1.08. The molecule has 6 nitrogen and oxygen atoms in total. The van der Waals surface area contributed by atoms with Gasteiger partial charge in [-0.25, -0.2) is 4.98 Å². The molecule has 0 aliphatic heterocycles. The molecule has 86 valence electrons. The molecule has 16 heavy (non-hydrogen) atoms. The minimum atomic E-state index is -0.504. The van der Waals surface area contributed by atoms with Crippen molar-refractivity contribution in [3.05, 3.63) is 27.9 Å². The van der Waals surface area contributed by atoms with Gasteiger partial charge in [0.1, 0.15) is 12.0 Å². The molecular formula is C10H13N3O3. The van der Waals surface area contributed by atoms with Crippen LogP contribution in [0.3, 0.4) is 0 Å². The molecule has 0 aliphatic carbocycles. The maximum absolute atomic E-state index is 11.4. The van der Waals surface area contributed by atoms with Crippen LogP contribution in [0.4, 0.5) is 11.5 Å². The van der Waals surface area contributed by atoms with Gasteiger partial charge in [0, 0.05) is 11.5 Å². The van der Waals surface area contributed by atoms with Crippen molar-refractivity contribution < 1.29 is 9.72 Å². The maximum Gasteiger partial charge on any atom is 0.290 e. The first-order chi connectivity index (χ1) is 7.41. The van der Waals surface area contributed by atoms with Crippen LogP contribution in [0.25, 0.3) is 0 Å². The largest absolute Gasteiger partial charge is 0.310 e. The number of nitrogens with zero attached hydrogens (tertiary/aromatic N) is 2. The van der Waals surface area contributed by atoms with Gasteiger partial charge in [0.05, 0.1) is 4.92 Å². The van der Waals surface area contributed by atoms with E-state index >= 15 is 0 Å². The number of hydrogen-bond donors (Lipinski definition) is 1. The second kappa shape index (κ2) is 4.69. The molecule has 0 fully saturated rings. The van der Waals surface area contributed by atoms with Crippen molar-refractivity contribution in [1.82, 2.24) is 4.98 Å². The Labute approximate surface area is 92.8 Å². The molecule has 0 bridgehead atoms. The van der Waals surface area contributed by atoms with Gasteiger partial charge in [-0.05, 0) is 13.0 Å². The van der Waals surface area contributed by atoms with Crippen LogP contribution >= 0.6 is 0 Å². The molecule has 0 atom stereocenters. The van der Waals surface area contributed by atoms with E-state index < -0.39 is 4.92 Å². The van der Waals surface area contributed by atoms with Gasteiger partial charge in [-0.3, -0.25) is 14.9 Å². The first-order valence-electron chi connectivity index (χ1n) is 4.83. The van der Waals surface area contributed by atoms with Gasteiger partial charge < -0.3 is 5.32 Å². The third-order valence-corrected chi connectivity index (χ3v) is 2.06. The lowest BCUT2D eigenvalue weighted by Gasteiger charge is -2.07. The number of amides is 1. The van der Waals surface area contributed by atoms with Gasteiger partial charge in [-0.1, -0.05) is 13.8 Å². The first-order valence-corrected chi connectivity index (χ1v) is 4.83. The van der Waals surface area contributed by atoms with E-state index in [9.17, 15) is 14.9 Å². The van der Waals surface area contributed by atoms with Crippen LogP contribution < -0.4 is 5.32 Å². The highest BCUT2D eigenvalue weighted by Gasteiger charge is 2.13. The summed E-state index contributed by atoms with van der Waals surface area (Å²) in [5.74, 6) is 0.0138. The average Bonchev–Trinajstić information content (AvgIpc) is 2.16. The molecule has 0 radical (unpaired) electrons. The number of rotatable bonds is 3. The van der Waals surface area contributed by atoms with Crippen LogP contribution in [-0.2, 0) is 4.79 Å². The molecule has 1 rings (SSSR count). The molecule has 0 unspecified atom stereocenters. The normalized spacial score (nSPS) is 10.2. The van der Waals surface area contributed by atoms with E-state index in [1.54, 1.807) is 20.8 Å². The van der Waals surface area contributed by atoms with Gasteiger partial charge in [0.2, 0.25) is 5.91 Å². The van der Waals surface area contributed by atoms with Crippen molar-refractivity contribution in [2.75, 3.05) is 5.32 Å². The SMILES string of the molecule is Cc1cc(NC(=O)C(C)C)ncc1[N+](=O)[O-]. The zero-order valence-electron chi connectivity index (χ0n) is 9.35. The summed E-state index contributed by atoms with van der Waals surface area (Å²) in [6, 6.07) is 1.48. The van der Waals surface area contributed by atoms with Crippen LogP contribution in [0.5, 0.6) is 0 Å². The fraction of sp³-hybridized carbons (Fsp3) is 0.400. The quantitative estimate of drug-likeness (QED) is 0.626. The van der Waals surface area contributed by atoms with Gasteiger partial charge in [0.15, 0.2) is 0 Å². The summed E-state index contributed by atoms with van der Waals surface area (Å²) in [6.07, 6.45) is 1.14. The van der Waals surface area contributed by atoms with Crippen molar-refractivity contribution in [3.8, 4) is 0 Å². The molecule has 0 spiro atoms. The Balaban J connectivity index is 2.90. The van der Waals surface area contributed by atoms with Crippen LogP contribution in [0.15, 0.2) is 12.3 Å². The lowest BCUT2D eigenvalue weighted by molar-refractivity contribution is -0.385. The number of anilines is 1. The number of nitro groups is 1. The zero-order chi connectivity index (χ0) is 12.3. The topological polar surface area (TPSA) is 85.1 Å². The smallest absolute Gasteiger partial charge is 0.290 e. The van der Waals surface area contributed by atoms with Gasteiger partial charge in [-0.15, -0.1) is 0 Å². The van der Waals surface area contributed by atoms with E-state index in [2.05, 4.69) is 10.3 Å². The predicted molar refractivity (Wildman–Crippen MR) is 59.1 cm³/mol. The van der Waals surface area contributed by atoms with Crippen molar-refractivity contribution in [3.63, 3.8) is 0 Å². The van der Waals surface area contributed by atoms with Gasteiger partial charge in [0.25, 0.3) is 5.69 Å². The molecule has 1 aromatic heterocycles. The molecule has 0 aliphatic rings. The molecule has 0 aromatic carbocycles. The van der Waals surface area contributed by atoms with Crippen molar-refractivity contribution in [2.45, 2.75) is 20.8 Å². The summed E-state index contributed by atoms with van der Waals surface area (Å²) < 4.78 is 0. The van der Waals surface area contributed by atoms with Gasteiger partial charge >= 0.3 is 0 Å². The predicted octanol–water partition coefficient (Wildman–Crippen LogP) is 1.89. The number of carbonyl (C=O) groups excluding carboxylic acids is 1. The summed E-state index contributed by atoms with van der Waals surface area (Å²) in [4.78, 5) is 25.2. The van der Waals surface area contributed by atoms with Crippen LogP contribution in [0.1, 0.15) is 19.4 Å². The Morgan fingerprint density at radius 1 is 1.56 bits per heavy atom. The van der Waals surface area contributed by atoms with Crippen LogP contribution in [-0.4, -0.2) is 15.8 Å². The van der Waals surface area contributed by atoms with E-state index in [1.807, 2.05) is 0 Å². The Kier molecular flexibility index (Phi) is 3.55. The van der Waals surface area contributed by atoms with E-state index in [0.29, 0.717) is 11.4 Å². The minimum absolute atomic E-state index is 0.0532.